The van der Waals surface area contributed by atoms with Gasteiger partial charge >= 0.3 is 0 Å². The van der Waals surface area contributed by atoms with Crippen LogP contribution in [0.5, 0.6) is 0 Å². The van der Waals surface area contributed by atoms with Gasteiger partial charge < -0.3 is 24.7 Å². The predicted molar refractivity (Wildman–Crippen MR) is 261 cm³/mol. The lowest BCUT2D eigenvalue weighted by Crippen LogP contribution is -2.42. The van der Waals surface area contributed by atoms with E-state index in [4.69, 9.17) is 4.74 Å². The molecule has 2 N–H and O–H groups in total. The van der Waals surface area contributed by atoms with Crippen LogP contribution < -0.4 is 0 Å². The van der Waals surface area contributed by atoms with Gasteiger partial charge in [-0.2, -0.15) is 0 Å². The normalized spacial score (nSPS) is 15.9. The Bertz CT molecular complexity index is 806. The van der Waals surface area contributed by atoms with Crippen LogP contribution in [0, 0.1) is 11.8 Å². The number of hydrogen-bond acceptors (Lipinski definition) is 5. The number of β-amino-alcohol motifs (C(OH)–C–C–N with tert-alkyl or cyclic N) is 1. The van der Waals surface area contributed by atoms with Gasteiger partial charge in [0.05, 0.1) is 12.2 Å². The maximum absolute atomic E-state index is 11.3. The monoisotopic (exact) mass is 835 g/mol. The summed E-state index contributed by atoms with van der Waals surface area (Å²) in [6.07, 6.45) is 49.4. The smallest absolute Gasteiger partial charge is 0.0793 e. The Kier molecular flexibility index (Phi) is 42.8. The van der Waals surface area contributed by atoms with Gasteiger partial charge in [0.15, 0.2) is 0 Å². The zero-order chi connectivity index (χ0) is 42.7. The molecule has 0 radical (unpaired) electrons. The Morgan fingerprint density at radius 2 is 0.864 bits per heavy atom. The minimum absolute atomic E-state index is 0.115. The molecule has 1 heterocycles. The second kappa shape index (κ2) is 44.4. The van der Waals surface area contributed by atoms with Crippen molar-refractivity contribution in [3.63, 3.8) is 0 Å². The highest BCUT2D eigenvalue weighted by molar-refractivity contribution is 4.74. The van der Waals surface area contributed by atoms with E-state index >= 15 is 0 Å². The fourth-order valence-corrected chi connectivity index (χ4v) is 9.80. The fourth-order valence-electron chi connectivity index (χ4n) is 9.80. The van der Waals surface area contributed by atoms with Crippen molar-refractivity contribution in [2.75, 3.05) is 52.5 Å². The summed E-state index contributed by atoms with van der Waals surface area (Å²) in [7, 11) is 0. The molecule has 354 valence electrons. The SMILES string of the molecule is CCCCCCCCC(CCCCCCC)COCCCCCCN(CCCCCCC(O)C(CCCCCCC)CCCCCCCC)CC(O)CN1CCCCC1. The van der Waals surface area contributed by atoms with Crippen LogP contribution >= 0.6 is 0 Å². The molecule has 1 aliphatic rings. The lowest BCUT2D eigenvalue weighted by atomic mass is 9.87. The first-order valence-electron chi connectivity index (χ1n) is 27.4. The van der Waals surface area contributed by atoms with E-state index in [1.165, 1.54) is 231 Å². The van der Waals surface area contributed by atoms with Crippen molar-refractivity contribution in [2.24, 2.45) is 11.8 Å². The highest BCUT2D eigenvalue weighted by atomic mass is 16.5. The Hall–Kier alpha value is -0.200. The largest absolute Gasteiger partial charge is 0.393 e. The molecule has 0 bridgehead atoms. The van der Waals surface area contributed by atoms with E-state index in [1.807, 2.05) is 0 Å². The van der Waals surface area contributed by atoms with Crippen LogP contribution in [0.4, 0.5) is 0 Å². The van der Waals surface area contributed by atoms with Crippen LogP contribution in [0.3, 0.4) is 0 Å². The van der Waals surface area contributed by atoms with E-state index < -0.39 is 0 Å². The lowest BCUT2D eigenvalue weighted by Gasteiger charge is -2.31. The van der Waals surface area contributed by atoms with Crippen molar-refractivity contribution < 1.29 is 14.9 Å². The first-order valence-corrected chi connectivity index (χ1v) is 27.4. The second-order valence-electron chi connectivity index (χ2n) is 19.7. The van der Waals surface area contributed by atoms with Crippen LogP contribution in [0.25, 0.3) is 0 Å². The number of piperidine rings is 1. The van der Waals surface area contributed by atoms with E-state index in [2.05, 4.69) is 37.5 Å². The Morgan fingerprint density at radius 1 is 0.458 bits per heavy atom. The van der Waals surface area contributed by atoms with Gasteiger partial charge in [-0.15, -0.1) is 0 Å². The van der Waals surface area contributed by atoms with Crippen molar-refractivity contribution in [3.05, 3.63) is 0 Å². The third kappa shape index (κ3) is 36.9. The average molecular weight is 835 g/mol. The maximum Gasteiger partial charge on any atom is 0.0793 e. The van der Waals surface area contributed by atoms with E-state index in [0.29, 0.717) is 5.92 Å². The number of aliphatic hydroxyl groups excluding tert-OH is 2. The first-order chi connectivity index (χ1) is 29.0. The third-order valence-corrected chi connectivity index (χ3v) is 13.8. The topological polar surface area (TPSA) is 56.2 Å². The van der Waals surface area contributed by atoms with E-state index in [1.54, 1.807) is 0 Å². The molecule has 0 aromatic carbocycles. The molecule has 1 rings (SSSR count). The molecule has 5 nitrogen and oxygen atoms in total. The molecule has 0 aromatic heterocycles. The molecule has 1 aliphatic heterocycles. The first kappa shape index (κ1) is 56.8. The van der Waals surface area contributed by atoms with Gasteiger partial charge in [-0.3, -0.25) is 0 Å². The van der Waals surface area contributed by atoms with Gasteiger partial charge in [0, 0.05) is 26.3 Å². The molecule has 1 fully saturated rings. The quantitative estimate of drug-likeness (QED) is 0.0598. The van der Waals surface area contributed by atoms with Crippen molar-refractivity contribution in [2.45, 2.75) is 284 Å². The summed E-state index contributed by atoms with van der Waals surface area (Å²) in [6, 6.07) is 0. The summed E-state index contributed by atoms with van der Waals surface area (Å²) in [5.41, 5.74) is 0. The fraction of sp³-hybridized carbons (Fsp3) is 1.00. The van der Waals surface area contributed by atoms with E-state index in [-0.39, 0.29) is 12.2 Å². The van der Waals surface area contributed by atoms with Crippen LogP contribution in [-0.4, -0.2) is 84.7 Å². The number of aliphatic hydroxyl groups is 2. The second-order valence-corrected chi connectivity index (χ2v) is 19.7. The minimum Gasteiger partial charge on any atom is -0.393 e. The van der Waals surface area contributed by atoms with Crippen molar-refractivity contribution in [1.82, 2.24) is 9.80 Å². The molecule has 0 spiro atoms. The number of ether oxygens (including phenoxy) is 1. The standard InChI is InChI=1S/C54H110N2O3/c1-5-9-13-17-21-29-39-51(38-28-19-15-11-7-3)50-59-47-37-26-25-34-44-55(48-53(57)49-56-45-35-27-36-46-56)43-33-24-23-32-42-54(58)52(40-30-20-16-12-8-4)41-31-22-18-14-10-6-2/h51-54,57-58H,5-50H2,1-4H3. The van der Waals surface area contributed by atoms with Gasteiger partial charge in [-0.25, -0.2) is 0 Å². The minimum atomic E-state index is -0.252. The average Bonchev–Trinajstić information content (AvgIpc) is 3.24. The zero-order valence-corrected chi connectivity index (χ0v) is 41.0. The summed E-state index contributed by atoms with van der Waals surface area (Å²) in [6.45, 7) is 17.3. The summed E-state index contributed by atoms with van der Waals surface area (Å²) >= 11 is 0. The molecule has 0 amide bonds. The highest BCUT2D eigenvalue weighted by Crippen LogP contribution is 2.26. The van der Waals surface area contributed by atoms with Gasteiger partial charge in [-0.05, 0) is 102 Å². The summed E-state index contributed by atoms with van der Waals surface area (Å²) in [5.74, 6) is 1.26. The third-order valence-electron chi connectivity index (χ3n) is 13.8. The molecule has 4 atom stereocenters. The van der Waals surface area contributed by atoms with Crippen LogP contribution in [0.2, 0.25) is 0 Å². The van der Waals surface area contributed by atoms with E-state index in [0.717, 1.165) is 71.2 Å². The van der Waals surface area contributed by atoms with Crippen LogP contribution in [0.15, 0.2) is 0 Å². The van der Waals surface area contributed by atoms with Crippen LogP contribution in [-0.2, 0) is 4.74 Å². The molecular formula is C54H110N2O3. The molecule has 0 saturated carbocycles. The van der Waals surface area contributed by atoms with E-state index in [9.17, 15) is 10.2 Å². The van der Waals surface area contributed by atoms with Crippen LogP contribution in [0.1, 0.15) is 272 Å². The summed E-state index contributed by atoms with van der Waals surface area (Å²) < 4.78 is 6.33. The van der Waals surface area contributed by atoms with Gasteiger partial charge in [0.25, 0.3) is 0 Å². The molecule has 0 aromatic rings. The summed E-state index contributed by atoms with van der Waals surface area (Å²) in [5, 5.41) is 22.5. The van der Waals surface area contributed by atoms with Gasteiger partial charge in [0.2, 0.25) is 0 Å². The molecule has 0 aliphatic carbocycles. The Labute approximate surface area is 371 Å². The molecule has 1 saturated heterocycles. The zero-order valence-electron chi connectivity index (χ0n) is 41.0. The Morgan fingerprint density at radius 3 is 1.36 bits per heavy atom. The van der Waals surface area contributed by atoms with Crippen molar-refractivity contribution >= 4 is 0 Å². The number of rotatable bonds is 47. The number of hydrogen-bond donors (Lipinski definition) is 2. The molecule has 59 heavy (non-hydrogen) atoms. The van der Waals surface area contributed by atoms with Gasteiger partial charge in [-0.1, -0.05) is 207 Å². The number of likely N-dealkylation sites (tertiary alicyclic amines) is 1. The summed E-state index contributed by atoms with van der Waals surface area (Å²) in [4.78, 5) is 5.08. The lowest BCUT2D eigenvalue weighted by molar-refractivity contribution is 0.0651. The Balaban J connectivity index is 2.45. The number of nitrogens with zero attached hydrogens (tertiary/aromatic N) is 2. The van der Waals surface area contributed by atoms with Crippen molar-refractivity contribution in [3.8, 4) is 0 Å². The molecular weight excluding hydrogens is 725 g/mol. The molecule has 5 heteroatoms. The van der Waals surface area contributed by atoms with Crippen molar-refractivity contribution in [1.29, 1.82) is 0 Å². The highest BCUT2D eigenvalue weighted by Gasteiger charge is 2.20. The molecule has 4 unspecified atom stereocenters. The number of unbranched alkanes of at least 4 members (excludes halogenated alkanes) is 24. The maximum atomic E-state index is 11.3. The van der Waals surface area contributed by atoms with Gasteiger partial charge in [0.1, 0.15) is 0 Å². The predicted octanol–water partition coefficient (Wildman–Crippen LogP) is 15.5.